The highest BCUT2D eigenvalue weighted by molar-refractivity contribution is 6.28. The summed E-state index contributed by atoms with van der Waals surface area (Å²) in [5.41, 5.74) is 7.80. The molecule has 0 spiro atoms. The van der Waals surface area contributed by atoms with E-state index in [-0.39, 0.29) is 17.9 Å². The quantitative estimate of drug-likeness (QED) is 0.442. The highest BCUT2D eigenvalue weighted by atomic mass is 35.5. The van der Waals surface area contributed by atoms with Crippen LogP contribution in [0.1, 0.15) is 18.4 Å². The van der Waals surface area contributed by atoms with Gasteiger partial charge in [0.1, 0.15) is 5.52 Å². The van der Waals surface area contributed by atoms with E-state index in [2.05, 4.69) is 20.3 Å². The first-order chi connectivity index (χ1) is 14.1. The molecule has 29 heavy (non-hydrogen) atoms. The number of hydrogen-bond donors (Lipinski definition) is 2. The summed E-state index contributed by atoms with van der Waals surface area (Å²) in [6, 6.07) is 5.52. The van der Waals surface area contributed by atoms with Crippen molar-refractivity contribution in [1.29, 1.82) is 0 Å². The molecule has 0 fully saturated rings. The molecule has 1 amide bonds. The predicted molar refractivity (Wildman–Crippen MR) is 105 cm³/mol. The predicted octanol–water partition coefficient (Wildman–Crippen LogP) is 2.50. The number of carbonyl (C=O) groups excluding carboxylic acids is 1. The standard InChI is InChI=1S/C18H19ClN6O4/c19-17-23-15(20)14-16(24-17)25(9-22-14)5-1-2-6-27-18(26)21-8-11-3-4-12-13(7-11)29-10-28-12/h3-4,7,9H,1-2,5-6,8,10H2,(H,21,26)(H2,20,23,24). The smallest absolute Gasteiger partial charge is 0.407 e. The molecule has 0 radical (unpaired) electrons. The van der Waals surface area contributed by atoms with Crippen LogP contribution in [-0.4, -0.2) is 39.0 Å². The van der Waals surface area contributed by atoms with Crippen LogP contribution in [-0.2, 0) is 17.8 Å². The minimum Gasteiger partial charge on any atom is -0.454 e. The Hall–Kier alpha value is -3.27. The number of aryl methyl sites for hydroxylation is 1. The third-order valence-electron chi connectivity index (χ3n) is 4.36. The average molecular weight is 419 g/mol. The Morgan fingerprint density at radius 1 is 1.28 bits per heavy atom. The third kappa shape index (κ3) is 4.43. The molecular formula is C18H19ClN6O4. The molecule has 10 nitrogen and oxygen atoms in total. The third-order valence-corrected chi connectivity index (χ3v) is 4.53. The monoisotopic (exact) mass is 418 g/mol. The highest BCUT2D eigenvalue weighted by Crippen LogP contribution is 2.32. The first-order valence-corrected chi connectivity index (χ1v) is 9.41. The Kier molecular flexibility index (Phi) is 5.52. The van der Waals surface area contributed by atoms with E-state index in [4.69, 9.17) is 31.5 Å². The van der Waals surface area contributed by atoms with Gasteiger partial charge in [-0.05, 0) is 42.1 Å². The van der Waals surface area contributed by atoms with Gasteiger partial charge in [-0.15, -0.1) is 0 Å². The van der Waals surface area contributed by atoms with Crippen molar-refractivity contribution in [2.24, 2.45) is 0 Å². The van der Waals surface area contributed by atoms with Gasteiger partial charge in [0.05, 0.1) is 12.9 Å². The maximum atomic E-state index is 11.8. The highest BCUT2D eigenvalue weighted by Gasteiger charge is 2.14. The SMILES string of the molecule is Nc1nc(Cl)nc2c1ncn2CCCCOC(=O)NCc1ccc2c(c1)OCO2. The molecule has 0 unspecified atom stereocenters. The van der Waals surface area contributed by atoms with Gasteiger partial charge < -0.3 is 29.8 Å². The Morgan fingerprint density at radius 2 is 2.14 bits per heavy atom. The fraction of sp³-hybridized carbons (Fsp3) is 0.333. The molecule has 2 aromatic heterocycles. The number of fused-ring (bicyclic) bond motifs is 2. The van der Waals surface area contributed by atoms with E-state index in [1.165, 1.54) is 0 Å². The zero-order valence-electron chi connectivity index (χ0n) is 15.4. The summed E-state index contributed by atoms with van der Waals surface area (Å²) >= 11 is 5.85. The van der Waals surface area contributed by atoms with Gasteiger partial charge in [-0.3, -0.25) is 0 Å². The number of hydrogen-bond acceptors (Lipinski definition) is 8. The number of amides is 1. The number of alkyl carbamates (subject to hydrolysis) is 1. The minimum atomic E-state index is -0.469. The van der Waals surface area contributed by atoms with Crippen LogP contribution in [0.5, 0.6) is 11.5 Å². The number of nitrogens with two attached hydrogens (primary N) is 1. The van der Waals surface area contributed by atoms with Gasteiger partial charge in [-0.25, -0.2) is 9.78 Å². The van der Waals surface area contributed by atoms with E-state index < -0.39 is 6.09 Å². The number of imidazole rings is 1. The summed E-state index contributed by atoms with van der Waals surface area (Å²) < 4.78 is 17.6. The maximum absolute atomic E-state index is 11.8. The summed E-state index contributed by atoms with van der Waals surface area (Å²) in [5.74, 6) is 1.64. The van der Waals surface area contributed by atoms with Gasteiger partial charge in [0, 0.05) is 13.1 Å². The summed E-state index contributed by atoms with van der Waals surface area (Å²) in [4.78, 5) is 24.1. The van der Waals surface area contributed by atoms with Crippen molar-refractivity contribution < 1.29 is 19.0 Å². The van der Waals surface area contributed by atoms with Crippen LogP contribution in [0.3, 0.4) is 0 Å². The van der Waals surface area contributed by atoms with E-state index >= 15 is 0 Å². The molecule has 3 N–H and O–H groups in total. The van der Waals surface area contributed by atoms with Crippen molar-refractivity contribution in [2.45, 2.75) is 25.9 Å². The fourth-order valence-corrected chi connectivity index (χ4v) is 3.10. The van der Waals surface area contributed by atoms with Crippen LogP contribution in [0.15, 0.2) is 24.5 Å². The van der Waals surface area contributed by atoms with Gasteiger partial charge in [0.15, 0.2) is 23.0 Å². The normalized spacial score (nSPS) is 12.3. The molecule has 0 atom stereocenters. The van der Waals surface area contributed by atoms with Gasteiger partial charge in [-0.1, -0.05) is 6.07 Å². The molecule has 4 rings (SSSR count). The number of unbranched alkanes of at least 4 members (excludes halogenated alkanes) is 1. The van der Waals surface area contributed by atoms with E-state index in [1.54, 1.807) is 6.33 Å². The molecule has 3 heterocycles. The zero-order valence-corrected chi connectivity index (χ0v) is 16.2. The molecular weight excluding hydrogens is 400 g/mol. The fourth-order valence-electron chi connectivity index (χ4n) is 2.93. The number of benzene rings is 1. The number of nitrogen functional groups attached to an aromatic ring is 1. The van der Waals surface area contributed by atoms with Crippen molar-refractivity contribution >= 4 is 34.7 Å². The van der Waals surface area contributed by atoms with Crippen molar-refractivity contribution in [3.63, 3.8) is 0 Å². The molecule has 152 valence electrons. The van der Waals surface area contributed by atoms with Crippen LogP contribution in [0, 0.1) is 0 Å². The summed E-state index contributed by atoms with van der Waals surface area (Å²) in [6.07, 6.45) is 2.63. The van der Waals surface area contributed by atoms with Crippen LogP contribution in [0.2, 0.25) is 5.28 Å². The second-order valence-electron chi connectivity index (χ2n) is 6.37. The van der Waals surface area contributed by atoms with Gasteiger partial charge in [0.2, 0.25) is 12.1 Å². The lowest BCUT2D eigenvalue weighted by atomic mass is 10.2. The number of nitrogens with one attached hydrogen (secondary N) is 1. The summed E-state index contributed by atoms with van der Waals surface area (Å²) in [6.45, 7) is 1.51. The van der Waals surface area contributed by atoms with Crippen LogP contribution >= 0.6 is 11.6 Å². The largest absolute Gasteiger partial charge is 0.454 e. The maximum Gasteiger partial charge on any atom is 0.407 e. The minimum absolute atomic E-state index is 0.0826. The second-order valence-corrected chi connectivity index (χ2v) is 6.71. The number of aromatic nitrogens is 4. The molecule has 0 saturated heterocycles. The molecule has 3 aromatic rings. The van der Waals surface area contributed by atoms with E-state index in [0.29, 0.717) is 48.8 Å². The first kappa shape index (κ1) is 19.1. The van der Waals surface area contributed by atoms with E-state index in [1.807, 2.05) is 22.8 Å². The molecule has 1 aliphatic heterocycles. The molecule has 0 bridgehead atoms. The zero-order chi connectivity index (χ0) is 20.2. The molecule has 0 aliphatic carbocycles. The lowest BCUT2D eigenvalue weighted by molar-refractivity contribution is 0.143. The lowest BCUT2D eigenvalue weighted by Crippen LogP contribution is -2.24. The number of anilines is 1. The number of nitrogens with zero attached hydrogens (tertiary/aromatic N) is 4. The van der Waals surface area contributed by atoms with Crippen LogP contribution in [0.25, 0.3) is 11.2 Å². The van der Waals surface area contributed by atoms with Crippen molar-refractivity contribution in [3.05, 3.63) is 35.4 Å². The summed E-state index contributed by atoms with van der Waals surface area (Å²) in [5, 5.41) is 2.80. The lowest BCUT2D eigenvalue weighted by Gasteiger charge is -2.08. The average Bonchev–Trinajstić information content (AvgIpc) is 3.32. The molecule has 1 aliphatic rings. The summed E-state index contributed by atoms with van der Waals surface area (Å²) in [7, 11) is 0. The number of ether oxygens (including phenoxy) is 3. The Morgan fingerprint density at radius 3 is 3.03 bits per heavy atom. The topological polar surface area (TPSA) is 126 Å². The number of rotatable bonds is 7. The Balaban J connectivity index is 1.18. The van der Waals surface area contributed by atoms with Gasteiger partial charge in [-0.2, -0.15) is 9.97 Å². The van der Waals surface area contributed by atoms with Gasteiger partial charge in [0.25, 0.3) is 0 Å². The first-order valence-electron chi connectivity index (χ1n) is 9.03. The molecule has 11 heteroatoms. The van der Waals surface area contributed by atoms with Crippen molar-refractivity contribution in [3.8, 4) is 11.5 Å². The number of halogens is 1. The Bertz CT molecular complexity index is 1040. The second kappa shape index (κ2) is 8.39. The van der Waals surface area contributed by atoms with Crippen molar-refractivity contribution in [2.75, 3.05) is 19.1 Å². The number of carbonyl (C=O) groups is 1. The molecule has 0 saturated carbocycles. The molecule has 1 aromatic carbocycles. The van der Waals surface area contributed by atoms with E-state index in [9.17, 15) is 4.79 Å². The van der Waals surface area contributed by atoms with Crippen molar-refractivity contribution in [1.82, 2.24) is 24.8 Å². The van der Waals surface area contributed by atoms with E-state index in [0.717, 1.165) is 12.0 Å². The Labute approximate surface area is 170 Å². The van der Waals surface area contributed by atoms with Crippen LogP contribution < -0.4 is 20.5 Å². The van der Waals surface area contributed by atoms with Crippen LogP contribution in [0.4, 0.5) is 10.6 Å². The van der Waals surface area contributed by atoms with Gasteiger partial charge >= 0.3 is 6.09 Å².